The highest BCUT2D eigenvalue weighted by molar-refractivity contribution is 6.33. The van der Waals surface area contributed by atoms with Gasteiger partial charge < -0.3 is 0 Å². The third-order valence-corrected chi connectivity index (χ3v) is 3.52. The third-order valence-electron chi connectivity index (χ3n) is 3.52. The van der Waals surface area contributed by atoms with E-state index in [-0.39, 0.29) is 5.78 Å². The summed E-state index contributed by atoms with van der Waals surface area (Å²) in [6, 6.07) is 13.7. The van der Waals surface area contributed by atoms with Gasteiger partial charge in [0.2, 0.25) is 0 Å². The van der Waals surface area contributed by atoms with Crippen LogP contribution in [0.25, 0.3) is 5.57 Å². The second-order valence-corrected chi connectivity index (χ2v) is 5.43. The van der Waals surface area contributed by atoms with Crippen LogP contribution in [0.15, 0.2) is 49.0 Å². The van der Waals surface area contributed by atoms with E-state index in [2.05, 4.69) is 25.6 Å². The Kier molecular flexibility index (Phi) is 10.5. The van der Waals surface area contributed by atoms with E-state index in [0.717, 1.165) is 34.1 Å². The minimum atomic E-state index is 0.0913. The lowest BCUT2D eigenvalue weighted by atomic mass is 9.89. The molecule has 2 aromatic carbocycles. The van der Waals surface area contributed by atoms with Gasteiger partial charge in [0.15, 0.2) is 5.78 Å². The number of ketones is 1. The zero-order valence-corrected chi connectivity index (χ0v) is 15.9. The fourth-order valence-electron chi connectivity index (χ4n) is 2.07. The molecule has 2 radical (unpaired) electrons. The predicted octanol–water partition coefficient (Wildman–Crippen LogP) is 5.30. The number of rotatable bonds is 3. The maximum absolute atomic E-state index is 11.1. The van der Waals surface area contributed by atoms with Crippen LogP contribution >= 0.6 is 0 Å². The summed E-state index contributed by atoms with van der Waals surface area (Å²) in [5.41, 5.74) is 6.01. The van der Waals surface area contributed by atoms with Gasteiger partial charge in [0.05, 0.1) is 0 Å². The molecular weight excluding hydrogens is 291 g/mol. The molecule has 0 fully saturated rings. The van der Waals surface area contributed by atoms with Crippen LogP contribution in [0, 0.1) is 6.92 Å². The maximum atomic E-state index is 11.1. The predicted molar refractivity (Wildman–Crippen MR) is 108 cm³/mol. The molecule has 0 saturated carbocycles. The number of aryl methyl sites for hydroxylation is 2. The molecule has 0 heterocycles. The summed E-state index contributed by atoms with van der Waals surface area (Å²) in [5.74, 6) is 0.0913. The number of hydrogen-bond donors (Lipinski definition) is 0. The molecule has 24 heavy (non-hydrogen) atoms. The minimum absolute atomic E-state index is 0.0913. The van der Waals surface area contributed by atoms with Crippen molar-refractivity contribution in [2.45, 2.75) is 48.0 Å². The van der Waals surface area contributed by atoms with Crippen molar-refractivity contribution in [1.29, 1.82) is 0 Å². The molecule has 1 nitrogen and oxygen atoms in total. The fourth-order valence-corrected chi connectivity index (χ4v) is 2.07. The number of Topliss-reactive ketones (excluding diaryl/α,β-unsaturated/α-hetero) is 1. The van der Waals surface area contributed by atoms with Crippen molar-refractivity contribution in [1.82, 2.24) is 0 Å². The molecule has 2 aromatic rings. The van der Waals surface area contributed by atoms with Crippen LogP contribution in [0.4, 0.5) is 0 Å². The first-order valence-corrected chi connectivity index (χ1v) is 8.47. The van der Waals surface area contributed by atoms with Crippen LogP contribution in [0.2, 0.25) is 0 Å². The molecule has 2 rings (SSSR count). The zero-order chi connectivity index (χ0) is 18.7. The topological polar surface area (TPSA) is 17.1 Å². The van der Waals surface area contributed by atoms with E-state index in [1.807, 2.05) is 58.0 Å². The van der Waals surface area contributed by atoms with Gasteiger partial charge in [-0.15, -0.1) is 0 Å². The van der Waals surface area contributed by atoms with Gasteiger partial charge in [-0.1, -0.05) is 86.4 Å². The minimum Gasteiger partial charge on any atom is -0.294 e. The fraction of sp³-hybridized carbons (Fsp3) is 0.318. The first kappa shape index (κ1) is 21.9. The Morgan fingerprint density at radius 3 is 1.96 bits per heavy atom. The summed E-state index contributed by atoms with van der Waals surface area (Å²) in [4.78, 5) is 11.1. The highest BCUT2D eigenvalue weighted by Gasteiger charge is 2.05. The monoisotopic (exact) mass is 320 g/mol. The Labute approximate surface area is 149 Å². The smallest absolute Gasteiger partial charge is 0.160 e. The summed E-state index contributed by atoms with van der Waals surface area (Å²) < 4.78 is 0. The second-order valence-electron chi connectivity index (χ2n) is 5.43. The van der Waals surface area contributed by atoms with Gasteiger partial charge in [-0.25, -0.2) is 0 Å². The van der Waals surface area contributed by atoms with Gasteiger partial charge in [-0.05, 0) is 38.3 Å². The summed E-state index contributed by atoms with van der Waals surface area (Å²) >= 11 is 0. The zero-order valence-electron chi connectivity index (χ0n) is 15.9. The maximum Gasteiger partial charge on any atom is 0.160 e. The SMILES string of the molecule is C=C(C)c1ccccc1C(C)=O.CC.[B]c1cc(CC)ccc1C. The highest BCUT2D eigenvalue weighted by Crippen LogP contribution is 2.17. The van der Waals surface area contributed by atoms with Crippen molar-refractivity contribution in [2.75, 3.05) is 0 Å². The number of carbonyl (C=O) groups is 1. The molecule has 0 bridgehead atoms. The molecule has 0 aliphatic carbocycles. The van der Waals surface area contributed by atoms with Crippen molar-refractivity contribution in [2.24, 2.45) is 0 Å². The normalized spacial score (nSPS) is 9.08. The van der Waals surface area contributed by atoms with Crippen molar-refractivity contribution in [3.63, 3.8) is 0 Å². The number of hydrogen-bond acceptors (Lipinski definition) is 1. The van der Waals surface area contributed by atoms with Gasteiger partial charge in [-0.2, -0.15) is 0 Å². The van der Waals surface area contributed by atoms with Crippen LogP contribution in [0.3, 0.4) is 0 Å². The third kappa shape index (κ3) is 7.00. The summed E-state index contributed by atoms with van der Waals surface area (Å²) in [5, 5.41) is 0. The first-order chi connectivity index (χ1) is 11.4. The standard InChI is InChI=1S/C11H12O.C9H11B.C2H6/c1-8(2)10-6-4-5-7-11(10)9(3)12;1-3-8-5-4-7(2)9(10)6-8;1-2/h4-7H,1H2,2-3H3;4-6H,3H2,1-2H3;1-2H3. The van der Waals surface area contributed by atoms with Gasteiger partial charge in [0.1, 0.15) is 7.85 Å². The van der Waals surface area contributed by atoms with Gasteiger partial charge in [0.25, 0.3) is 0 Å². The van der Waals surface area contributed by atoms with Crippen molar-refractivity contribution < 1.29 is 4.79 Å². The van der Waals surface area contributed by atoms with E-state index < -0.39 is 0 Å². The summed E-state index contributed by atoms with van der Waals surface area (Å²) in [6.45, 7) is 15.4. The largest absolute Gasteiger partial charge is 0.294 e. The molecule has 0 unspecified atom stereocenters. The number of benzene rings is 2. The Bertz CT molecular complexity index is 638. The van der Waals surface area contributed by atoms with E-state index in [1.54, 1.807) is 6.92 Å². The van der Waals surface area contributed by atoms with E-state index >= 15 is 0 Å². The lowest BCUT2D eigenvalue weighted by Crippen LogP contribution is -2.07. The Balaban J connectivity index is 0.000000405. The van der Waals surface area contributed by atoms with Gasteiger partial charge in [0, 0.05) is 5.56 Å². The lowest BCUT2D eigenvalue weighted by molar-refractivity contribution is 0.101. The Morgan fingerprint density at radius 2 is 1.58 bits per heavy atom. The molecule has 0 aliphatic heterocycles. The van der Waals surface area contributed by atoms with Gasteiger partial charge in [-0.3, -0.25) is 4.79 Å². The number of carbonyl (C=O) groups excluding carboxylic acids is 1. The molecule has 2 heteroatoms. The van der Waals surface area contributed by atoms with Crippen LogP contribution in [0.5, 0.6) is 0 Å². The molecule has 0 aliphatic rings. The van der Waals surface area contributed by atoms with Crippen LogP contribution in [-0.2, 0) is 6.42 Å². The van der Waals surface area contributed by atoms with E-state index in [1.165, 1.54) is 5.56 Å². The van der Waals surface area contributed by atoms with E-state index in [0.29, 0.717) is 0 Å². The highest BCUT2D eigenvalue weighted by atomic mass is 16.1. The summed E-state index contributed by atoms with van der Waals surface area (Å²) in [7, 11) is 5.70. The van der Waals surface area contributed by atoms with Crippen LogP contribution in [-0.4, -0.2) is 13.6 Å². The second kappa shape index (κ2) is 11.5. The van der Waals surface area contributed by atoms with Crippen molar-refractivity contribution in [3.8, 4) is 0 Å². The molecule has 0 spiro atoms. The van der Waals surface area contributed by atoms with Gasteiger partial charge >= 0.3 is 0 Å². The van der Waals surface area contributed by atoms with E-state index in [4.69, 9.17) is 7.85 Å². The molecule has 0 saturated heterocycles. The van der Waals surface area contributed by atoms with E-state index in [9.17, 15) is 4.79 Å². The Hall–Kier alpha value is -2.09. The number of allylic oxidation sites excluding steroid dienone is 1. The van der Waals surface area contributed by atoms with Crippen LogP contribution in [0.1, 0.15) is 61.7 Å². The molecule has 0 aromatic heterocycles. The first-order valence-electron chi connectivity index (χ1n) is 8.47. The summed E-state index contributed by atoms with van der Waals surface area (Å²) in [6.07, 6.45) is 1.06. The molecular formula is C22H29BO. The molecule has 0 atom stereocenters. The molecule has 0 N–H and O–H groups in total. The lowest BCUT2D eigenvalue weighted by Gasteiger charge is -2.04. The molecule has 126 valence electrons. The average Bonchev–Trinajstić information content (AvgIpc) is 2.59. The van der Waals surface area contributed by atoms with Crippen molar-refractivity contribution in [3.05, 3.63) is 71.3 Å². The quantitative estimate of drug-likeness (QED) is 0.554. The average molecular weight is 320 g/mol. The van der Waals surface area contributed by atoms with Crippen LogP contribution < -0.4 is 5.46 Å². The molecule has 0 amide bonds. The Morgan fingerprint density at radius 1 is 1.04 bits per heavy atom. The van der Waals surface area contributed by atoms with Crippen molar-refractivity contribution >= 4 is 24.7 Å².